The molecule has 1 aromatic carbocycles. The van der Waals surface area contributed by atoms with E-state index in [1.54, 1.807) is 0 Å². The van der Waals surface area contributed by atoms with Crippen LogP contribution in [0.25, 0.3) is 0 Å². The standard InChI is InChI=1S/C11H12ClNO5S/c1-7(14)13-10(11(15)16)6-19(17,18)9-4-2-8(12)3-5-9/h2-5,10H,6H2,1H3,(H,13,14)(H,15,16). The van der Waals surface area contributed by atoms with E-state index < -0.39 is 33.5 Å². The molecule has 0 aliphatic heterocycles. The van der Waals surface area contributed by atoms with Gasteiger partial charge < -0.3 is 10.4 Å². The number of halogens is 1. The van der Waals surface area contributed by atoms with Crippen LogP contribution in [0, 0.1) is 0 Å². The predicted molar refractivity (Wildman–Crippen MR) is 68.7 cm³/mol. The van der Waals surface area contributed by atoms with Crippen molar-refractivity contribution in [3.8, 4) is 0 Å². The molecule has 0 heterocycles. The Labute approximate surface area is 115 Å². The monoisotopic (exact) mass is 305 g/mol. The van der Waals surface area contributed by atoms with Gasteiger partial charge in [0.25, 0.3) is 0 Å². The second kappa shape index (κ2) is 6.03. The quantitative estimate of drug-likeness (QED) is 0.834. The fourth-order valence-electron chi connectivity index (χ4n) is 1.38. The Balaban J connectivity index is 2.97. The van der Waals surface area contributed by atoms with Crippen LogP contribution in [0.1, 0.15) is 6.92 Å². The first-order chi connectivity index (χ1) is 8.72. The normalized spacial score (nSPS) is 12.7. The summed E-state index contributed by atoms with van der Waals surface area (Å²) in [5.41, 5.74) is 0. The maximum absolute atomic E-state index is 12.0. The lowest BCUT2D eigenvalue weighted by molar-refractivity contribution is -0.140. The van der Waals surface area contributed by atoms with Gasteiger partial charge in [-0.2, -0.15) is 0 Å². The van der Waals surface area contributed by atoms with E-state index in [4.69, 9.17) is 16.7 Å². The third-order valence-electron chi connectivity index (χ3n) is 2.23. The van der Waals surface area contributed by atoms with Crippen molar-refractivity contribution in [1.29, 1.82) is 0 Å². The number of carboxylic acid groups (broad SMARTS) is 1. The summed E-state index contributed by atoms with van der Waals surface area (Å²) in [6, 6.07) is 3.86. The molecule has 1 amide bonds. The van der Waals surface area contributed by atoms with Gasteiger partial charge in [-0.3, -0.25) is 4.79 Å². The van der Waals surface area contributed by atoms with E-state index in [0.717, 1.165) is 6.92 Å². The highest BCUT2D eigenvalue weighted by Gasteiger charge is 2.27. The SMILES string of the molecule is CC(=O)NC(CS(=O)(=O)c1ccc(Cl)cc1)C(=O)O. The van der Waals surface area contributed by atoms with Crippen molar-refractivity contribution in [2.45, 2.75) is 17.9 Å². The van der Waals surface area contributed by atoms with Gasteiger partial charge in [-0.25, -0.2) is 13.2 Å². The number of amides is 1. The maximum atomic E-state index is 12.0. The van der Waals surface area contributed by atoms with Gasteiger partial charge in [-0.15, -0.1) is 0 Å². The number of aliphatic carboxylic acids is 1. The fraction of sp³-hybridized carbons (Fsp3) is 0.273. The van der Waals surface area contributed by atoms with Crippen LogP contribution < -0.4 is 5.32 Å². The van der Waals surface area contributed by atoms with Crippen LogP contribution >= 0.6 is 11.6 Å². The molecule has 0 spiro atoms. The molecule has 0 aliphatic rings. The molecule has 2 N–H and O–H groups in total. The minimum absolute atomic E-state index is 0.0477. The molecule has 1 unspecified atom stereocenters. The summed E-state index contributed by atoms with van der Waals surface area (Å²) in [4.78, 5) is 21.7. The number of hydrogen-bond donors (Lipinski definition) is 2. The summed E-state index contributed by atoms with van der Waals surface area (Å²) >= 11 is 5.64. The largest absolute Gasteiger partial charge is 0.480 e. The van der Waals surface area contributed by atoms with Gasteiger partial charge >= 0.3 is 5.97 Å². The number of hydrogen-bond acceptors (Lipinski definition) is 4. The molecule has 1 rings (SSSR count). The van der Waals surface area contributed by atoms with Crippen LogP contribution in [0.15, 0.2) is 29.2 Å². The number of benzene rings is 1. The van der Waals surface area contributed by atoms with Crippen molar-refractivity contribution in [2.75, 3.05) is 5.75 Å². The molecule has 0 bridgehead atoms. The molecule has 1 atom stereocenters. The molecule has 0 saturated carbocycles. The number of nitrogens with one attached hydrogen (secondary N) is 1. The molecule has 0 fully saturated rings. The molecule has 0 aromatic heterocycles. The zero-order chi connectivity index (χ0) is 14.6. The highest BCUT2D eigenvalue weighted by Crippen LogP contribution is 2.16. The number of carbonyl (C=O) groups excluding carboxylic acids is 1. The van der Waals surface area contributed by atoms with Crippen molar-refractivity contribution in [3.05, 3.63) is 29.3 Å². The second-order valence-corrected chi connectivity index (χ2v) is 6.30. The Morgan fingerprint density at radius 2 is 1.84 bits per heavy atom. The Morgan fingerprint density at radius 3 is 2.26 bits per heavy atom. The van der Waals surface area contributed by atoms with Crippen molar-refractivity contribution in [3.63, 3.8) is 0 Å². The van der Waals surface area contributed by atoms with Crippen LogP contribution in [-0.2, 0) is 19.4 Å². The zero-order valence-electron chi connectivity index (χ0n) is 9.96. The van der Waals surface area contributed by atoms with Crippen molar-refractivity contribution < 1.29 is 23.1 Å². The van der Waals surface area contributed by atoms with Crippen molar-refractivity contribution in [1.82, 2.24) is 5.32 Å². The second-order valence-electron chi connectivity index (χ2n) is 3.83. The topological polar surface area (TPSA) is 101 Å². The Morgan fingerprint density at radius 1 is 1.32 bits per heavy atom. The lowest BCUT2D eigenvalue weighted by atomic mass is 10.3. The molecule has 6 nitrogen and oxygen atoms in total. The molecule has 0 radical (unpaired) electrons. The number of sulfone groups is 1. The fourth-order valence-corrected chi connectivity index (χ4v) is 2.91. The summed E-state index contributed by atoms with van der Waals surface area (Å²) in [5.74, 6) is -2.74. The lowest BCUT2D eigenvalue weighted by Crippen LogP contribution is -2.44. The highest BCUT2D eigenvalue weighted by molar-refractivity contribution is 7.91. The van der Waals surface area contributed by atoms with E-state index in [-0.39, 0.29) is 4.90 Å². The van der Waals surface area contributed by atoms with E-state index in [1.807, 2.05) is 0 Å². The first-order valence-corrected chi connectivity index (χ1v) is 7.23. The van der Waals surface area contributed by atoms with Gasteiger partial charge in [0, 0.05) is 11.9 Å². The third kappa shape index (κ3) is 4.53. The molecule has 104 valence electrons. The van der Waals surface area contributed by atoms with Gasteiger partial charge in [0.1, 0.15) is 6.04 Å². The first-order valence-electron chi connectivity index (χ1n) is 5.20. The smallest absolute Gasteiger partial charge is 0.327 e. The van der Waals surface area contributed by atoms with Crippen LogP contribution in [0.3, 0.4) is 0 Å². The van der Waals surface area contributed by atoms with E-state index >= 15 is 0 Å². The number of carbonyl (C=O) groups is 2. The molecular weight excluding hydrogens is 294 g/mol. The minimum atomic E-state index is -3.82. The van der Waals surface area contributed by atoms with Crippen LogP contribution in [-0.4, -0.2) is 37.2 Å². The minimum Gasteiger partial charge on any atom is -0.480 e. The average molecular weight is 306 g/mol. The van der Waals surface area contributed by atoms with E-state index in [1.165, 1.54) is 24.3 Å². The Hall–Kier alpha value is -1.60. The van der Waals surface area contributed by atoms with Crippen LogP contribution in [0.4, 0.5) is 0 Å². The first kappa shape index (κ1) is 15.5. The van der Waals surface area contributed by atoms with Crippen molar-refractivity contribution >= 4 is 33.3 Å². The highest BCUT2D eigenvalue weighted by atomic mass is 35.5. The molecule has 0 aliphatic carbocycles. The van der Waals surface area contributed by atoms with Gasteiger partial charge in [0.2, 0.25) is 5.91 Å². The van der Waals surface area contributed by atoms with E-state index in [0.29, 0.717) is 5.02 Å². The Kier molecular flexibility index (Phi) is 4.90. The van der Waals surface area contributed by atoms with Gasteiger partial charge in [0.15, 0.2) is 9.84 Å². The zero-order valence-corrected chi connectivity index (χ0v) is 11.5. The molecule has 0 saturated heterocycles. The number of rotatable bonds is 5. The van der Waals surface area contributed by atoms with Gasteiger partial charge in [-0.1, -0.05) is 11.6 Å². The van der Waals surface area contributed by atoms with Gasteiger partial charge in [0.05, 0.1) is 10.6 Å². The summed E-state index contributed by atoms with van der Waals surface area (Å²) < 4.78 is 24.0. The molecular formula is C11H12ClNO5S. The lowest BCUT2D eigenvalue weighted by Gasteiger charge is -2.13. The van der Waals surface area contributed by atoms with Gasteiger partial charge in [-0.05, 0) is 24.3 Å². The number of carboxylic acids is 1. The van der Waals surface area contributed by atoms with Crippen LogP contribution in [0.5, 0.6) is 0 Å². The molecule has 8 heteroatoms. The van der Waals surface area contributed by atoms with Crippen molar-refractivity contribution in [2.24, 2.45) is 0 Å². The van der Waals surface area contributed by atoms with Crippen LogP contribution in [0.2, 0.25) is 5.02 Å². The molecule has 19 heavy (non-hydrogen) atoms. The average Bonchev–Trinajstić information content (AvgIpc) is 2.27. The summed E-state index contributed by atoms with van der Waals surface area (Å²) in [7, 11) is -3.82. The summed E-state index contributed by atoms with van der Waals surface area (Å²) in [6.45, 7) is 1.12. The summed E-state index contributed by atoms with van der Waals surface area (Å²) in [6.07, 6.45) is 0. The third-order valence-corrected chi connectivity index (χ3v) is 4.25. The Bertz CT molecular complexity index is 582. The summed E-state index contributed by atoms with van der Waals surface area (Å²) in [5, 5.41) is 11.3. The maximum Gasteiger partial charge on any atom is 0.327 e. The predicted octanol–water partition coefficient (Wildman–Crippen LogP) is 0.703. The van der Waals surface area contributed by atoms with E-state index in [2.05, 4.69) is 5.32 Å². The molecule has 1 aromatic rings. The van der Waals surface area contributed by atoms with E-state index in [9.17, 15) is 18.0 Å².